The van der Waals surface area contributed by atoms with Crippen LogP contribution in [-0.4, -0.2) is 9.49 Å². The number of aromatic nitrogens is 1. The molecule has 8 heteroatoms. The van der Waals surface area contributed by atoms with Crippen LogP contribution in [-0.2, 0) is 6.42 Å². The molecular weight excluding hydrogens is 482 g/mol. The molecule has 3 aromatic carbocycles. The van der Waals surface area contributed by atoms with Crippen LogP contribution in [0.3, 0.4) is 0 Å². The Morgan fingerprint density at radius 2 is 1.86 bits per heavy atom. The fraction of sp³-hybridized carbons (Fsp3) is 0.111. The molecule has 0 N–H and O–H groups in total. The summed E-state index contributed by atoms with van der Waals surface area (Å²) in [5, 5.41) is 12.1. The zero-order valence-corrected chi connectivity index (χ0v) is 19.9. The second kappa shape index (κ2) is 8.45. The maximum atomic E-state index is 13.7. The maximum absolute atomic E-state index is 13.7. The SMILES string of the molecule is O=c1/c(=C\c2ccc(Cl)cc2)sc2n1[C@@H](c1cccc([N+](=O)[O-])c1)C1=C(N=2)c2ccccc2CC1. The van der Waals surface area contributed by atoms with Crippen LogP contribution in [0.15, 0.2) is 88.2 Å². The van der Waals surface area contributed by atoms with Crippen LogP contribution < -0.4 is 14.9 Å². The lowest BCUT2D eigenvalue weighted by atomic mass is 9.83. The van der Waals surface area contributed by atoms with E-state index in [4.69, 9.17) is 16.6 Å². The maximum Gasteiger partial charge on any atom is 0.271 e. The number of nitrogens with zero attached hydrogens (tertiary/aromatic N) is 3. The lowest BCUT2D eigenvalue weighted by molar-refractivity contribution is -0.384. The molecule has 6 rings (SSSR count). The third-order valence-electron chi connectivity index (χ3n) is 6.44. The van der Waals surface area contributed by atoms with Gasteiger partial charge in [0.25, 0.3) is 11.2 Å². The molecule has 6 nitrogen and oxygen atoms in total. The Kier molecular flexibility index (Phi) is 5.24. The Morgan fingerprint density at radius 1 is 1.06 bits per heavy atom. The van der Waals surface area contributed by atoms with Crippen LogP contribution in [0, 0.1) is 10.1 Å². The number of halogens is 1. The van der Waals surface area contributed by atoms with E-state index < -0.39 is 11.0 Å². The van der Waals surface area contributed by atoms with E-state index in [0.717, 1.165) is 35.2 Å². The first-order valence-electron chi connectivity index (χ1n) is 11.1. The van der Waals surface area contributed by atoms with Crippen molar-refractivity contribution in [1.29, 1.82) is 0 Å². The number of non-ortho nitro benzene ring substituents is 1. The van der Waals surface area contributed by atoms with E-state index in [-0.39, 0.29) is 11.2 Å². The van der Waals surface area contributed by atoms with E-state index in [0.29, 0.717) is 19.9 Å². The Balaban J connectivity index is 1.63. The van der Waals surface area contributed by atoms with Gasteiger partial charge in [0.1, 0.15) is 0 Å². The van der Waals surface area contributed by atoms with Gasteiger partial charge in [-0.25, -0.2) is 4.99 Å². The molecular formula is C27H18ClN3O3S. The molecule has 0 saturated carbocycles. The van der Waals surface area contributed by atoms with Gasteiger partial charge < -0.3 is 0 Å². The molecule has 1 aliphatic carbocycles. The zero-order valence-electron chi connectivity index (χ0n) is 18.3. The van der Waals surface area contributed by atoms with Gasteiger partial charge in [0.2, 0.25) is 0 Å². The van der Waals surface area contributed by atoms with Gasteiger partial charge in [-0.05, 0) is 53.3 Å². The van der Waals surface area contributed by atoms with E-state index in [2.05, 4.69) is 12.1 Å². The summed E-state index contributed by atoms with van der Waals surface area (Å²) in [6.07, 6.45) is 3.39. The molecule has 0 saturated heterocycles. The molecule has 172 valence electrons. The molecule has 0 amide bonds. The van der Waals surface area contributed by atoms with Gasteiger partial charge in [0.05, 0.1) is 21.2 Å². The van der Waals surface area contributed by atoms with E-state index in [1.165, 1.54) is 23.0 Å². The number of hydrogen-bond donors (Lipinski definition) is 0. The van der Waals surface area contributed by atoms with E-state index in [1.54, 1.807) is 28.8 Å². The third-order valence-corrected chi connectivity index (χ3v) is 7.67. The lowest BCUT2D eigenvalue weighted by Crippen LogP contribution is -2.38. The normalized spacial score (nSPS) is 16.8. The summed E-state index contributed by atoms with van der Waals surface area (Å²) < 4.78 is 2.24. The van der Waals surface area contributed by atoms with Crippen molar-refractivity contribution in [2.45, 2.75) is 18.9 Å². The molecule has 1 atom stereocenters. The van der Waals surface area contributed by atoms with E-state index >= 15 is 0 Å². The van der Waals surface area contributed by atoms with Gasteiger partial charge in [0, 0.05) is 22.7 Å². The van der Waals surface area contributed by atoms with Crippen molar-refractivity contribution in [3.63, 3.8) is 0 Å². The highest BCUT2D eigenvalue weighted by atomic mass is 35.5. The Labute approximate surface area is 208 Å². The quantitative estimate of drug-likeness (QED) is 0.298. The molecule has 35 heavy (non-hydrogen) atoms. The summed E-state index contributed by atoms with van der Waals surface area (Å²) in [5.41, 5.74) is 5.55. The first-order valence-corrected chi connectivity index (χ1v) is 12.3. The van der Waals surface area contributed by atoms with Crippen molar-refractivity contribution < 1.29 is 4.92 Å². The Hall–Kier alpha value is -3.81. The molecule has 0 radical (unpaired) electrons. The summed E-state index contributed by atoms with van der Waals surface area (Å²) in [5.74, 6) is 0. The summed E-state index contributed by atoms with van der Waals surface area (Å²) in [7, 11) is 0. The highest BCUT2D eigenvalue weighted by Gasteiger charge is 2.33. The first kappa shape index (κ1) is 21.7. The number of hydrogen-bond acceptors (Lipinski definition) is 5. The minimum Gasteiger partial charge on any atom is -0.272 e. The van der Waals surface area contributed by atoms with Gasteiger partial charge in [0.15, 0.2) is 4.80 Å². The highest BCUT2D eigenvalue weighted by molar-refractivity contribution is 7.07. The van der Waals surface area contributed by atoms with Crippen LogP contribution in [0.4, 0.5) is 5.69 Å². The molecule has 4 aromatic rings. The number of rotatable bonds is 3. The van der Waals surface area contributed by atoms with Crippen LogP contribution >= 0.6 is 22.9 Å². The summed E-state index contributed by atoms with van der Waals surface area (Å²) in [6, 6.07) is 21.6. The van der Waals surface area contributed by atoms with Crippen molar-refractivity contribution in [1.82, 2.24) is 4.57 Å². The van der Waals surface area contributed by atoms with Crippen molar-refractivity contribution in [2.75, 3.05) is 0 Å². The molecule has 0 bridgehead atoms. The van der Waals surface area contributed by atoms with Crippen molar-refractivity contribution in [3.05, 3.63) is 135 Å². The number of nitro benzene ring substituents is 1. The van der Waals surface area contributed by atoms with Crippen molar-refractivity contribution in [2.24, 2.45) is 4.99 Å². The zero-order chi connectivity index (χ0) is 24.1. The largest absolute Gasteiger partial charge is 0.272 e. The fourth-order valence-corrected chi connectivity index (χ4v) is 5.97. The average Bonchev–Trinajstić information content (AvgIpc) is 3.18. The van der Waals surface area contributed by atoms with Crippen LogP contribution in [0.5, 0.6) is 0 Å². The van der Waals surface area contributed by atoms with Gasteiger partial charge in [-0.1, -0.05) is 71.5 Å². The highest BCUT2D eigenvalue weighted by Crippen LogP contribution is 2.41. The van der Waals surface area contributed by atoms with Crippen LogP contribution in [0.25, 0.3) is 11.8 Å². The number of fused-ring (bicyclic) bond motifs is 3. The Morgan fingerprint density at radius 3 is 2.66 bits per heavy atom. The number of allylic oxidation sites excluding steroid dienone is 1. The lowest BCUT2D eigenvalue weighted by Gasteiger charge is -2.30. The summed E-state index contributed by atoms with van der Waals surface area (Å²) in [4.78, 5) is 30.4. The Bertz CT molecular complexity index is 1720. The second-order valence-electron chi connectivity index (χ2n) is 8.52. The van der Waals surface area contributed by atoms with Crippen molar-refractivity contribution >= 4 is 40.4 Å². The smallest absolute Gasteiger partial charge is 0.271 e. The number of thiazole rings is 1. The van der Waals surface area contributed by atoms with Crippen LogP contribution in [0.2, 0.25) is 5.02 Å². The van der Waals surface area contributed by atoms with Gasteiger partial charge >= 0.3 is 0 Å². The fourth-order valence-electron chi connectivity index (χ4n) is 4.84. The third kappa shape index (κ3) is 3.73. The minimum atomic E-state index is -0.457. The molecule has 0 unspecified atom stereocenters. The topological polar surface area (TPSA) is 77.5 Å². The number of benzene rings is 3. The monoisotopic (exact) mass is 499 g/mol. The first-order chi connectivity index (χ1) is 17.0. The van der Waals surface area contributed by atoms with E-state index in [9.17, 15) is 14.9 Å². The standard InChI is InChI=1S/C27H18ClN3O3S/c28-19-11-8-16(9-12-19)14-23-26(32)30-25(18-5-3-6-20(15-18)31(33)34)22-13-10-17-4-1-2-7-21(17)24(22)29-27(30)35-23/h1-9,11-12,14-15,25H,10,13H2/b23-14+/t25-/m0/s1. The summed E-state index contributed by atoms with van der Waals surface area (Å²) in [6.45, 7) is 0. The molecule has 0 spiro atoms. The average molecular weight is 500 g/mol. The summed E-state index contributed by atoms with van der Waals surface area (Å²) >= 11 is 7.34. The van der Waals surface area contributed by atoms with Crippen molar-refractivity contribution in [3.8, 4) is 0 Å². The number of nitro groups is 1. The predicted molar refractivity (Wildman–Crippen MR) is 137 cm³/mol. The van der Waals surface area contributed by atoms with Gasteiger partial charge in [-0.15, -0.1) is 0 Å². The van der Waals surface area contributed by atoms with Gasteiger partial charge in [-0.2, -0.15) is 0 Å². The number of aryl methyl sites for hydroxylation is 1. The molecule has 1 aliphatic heterocycles. The molecule has 2 aliphatic rings. The van der Waals surface area contributed by atoms with Gasteiger partial charge in [-0.3, -0.25) is 19.5 Å². The molecule has 2 heterocycles. The molecule has 0 fully saturated rings. The van der Waals surface area contributed by atoms with Crippen LogP contribution in [0.1, 0.15) is 34.7 Å². The predicted octanol–water partition coefficient (Wildman–Crippen LogP) is 4.88. The minimum absolute atomic E-state index is 0.00107. The van der Waals surface area contributed by atoms with E-state index in [1.807, 2.05) is 36.4 Å². The molecule has 1 aromatic heterocycles. The second-order valence-corrected chi connectivity index (χ2v) is 9.96.